The second-order valence-electron chi connectivity index (χ2n) is 11.7. The summed E-state index contributed by atoms with van der Waals surface area (Å²) >= 11 is 0. The van der Waals surface area contributed by atoms with Crippen LogP contribution in [0.1, 0.15) is 87.0 Å². The first-order valence-corrected chi connectivity index (χ1v) is 14.5. The molecule has 1 heterocycles. The number of benzene rings is 3. The molecule has 2 atom stereocenters. The summed E-state index contributed by atoms with van der Waals surface area (Å²) in [7, 11) is 0. The van der Waals surface area contributed by atoms with Gasteiger partial charge in [0.15, 0.2) is 0 Å². The van der Waals surface area contributed by atoms with Crippen LogP contribution in [0.2, 0.25) is 0 Å². The van der Waals surface area contributed by atoms with Crippen molar-refractivity contribution >= 4 is 6.16 Å². The molecule has 0 amide bonds. The summed E-state index contributed by atoms with van der Waals surface area (Å²) in [6.45, 7) is 6.81. The van der Waals surface area contributed by atoms with Gasteiger partial charge in [0.05, 0.1) is 0 Å². The van der Waals surface area contributed by atoms with E-state index >= 15 is 0 Å². The number of ether oxygens (including phenoxy) is 3. The molecule has 0 fully saturated rings. The standard InChI is InChI=1S/C35H38O4/c1-4-5-6-13-23-20-31(33-28-18-11-12-19-30(28)35(2,3)39-32(33)21-23)38-34(36)37-22-29-26-16-9-7-14-24(26)25-15-8-10-17-27(25)29/h7-11,14-18,20-21,28-30H,4-6,12-13,19,22H2,1-3H3. The van der Waals surface area contributed by atoms with Gasteiger partial charge in [0.2, 0.25) is 0 Å². The lowest BCUT2D eigenvalue weighted by Gasteiger charge is -2.46. The molecule has 0 N–H and O–H groups in total. The number of rotatable bonds is 7. The maximum atomic E-state index is 13.2. The topological polar surface area (TPSA) is 44.8 Å². The summed E-state index contributed by atoms with van der Waals surface area (Å²) in [5, 5.41) is 0. The Balaban J connectivity index is 1.27. The number of hydrogen-bond donors (Lipinski definition) is 0. The van der Waals surface area contributed by atoms with E-state index in [0.29, 0.717) is 11.7 Å². The van der Waals surface area contributed by atoms with E-state index in [1.807, 2.05) is 18.2 Å². The Morgan fingerprint density at radius 3 is 2.44 bits per heavy atom. The summed E-state index contributed by atoms with van der Waals surface area (Å²) in [6.07, 6.45) is 10.3. The van der Waals surface area contributed by atoms with Crippen molar-refractivity contribution in [2.75, 3.05) is 6.61 Å². The second kappa shape index (κ2) is 10.6. The Hall–Kier alpha value is -3.53. The summed E-state index contributed by atoms with van der Waals surface area (Å²) in [6, 6.07) is 20.9. The van der Waals surface area contributed by atoms with Crippen LogP contribution >= 0.6 is 0 Å². The average molecular weight is 523 g/mol. The van der Waals surface area contributed by atoms with E-state index in [4.69, 9.17) is 14.2 Å². The fourth-order valence-corrected chi connectivity index (χ4v) is 6.86. The van der Waals surface area contributed by atoms with E-state index in [0.717, 1.165) is 49.0 Å². The lowest BCUT2D eigenvalue weighted by molar-refractivity contribution is 0.0111. The highest BCUT2D eigenvalue weighted by Crippen LogP contribution is 2.53. The van der Waals surface area contributed by atoms with Crippen LogP contribution in [0.15, 0.2) is 72.8 Å². The van der Waals surface area contributed by atoms with Gasteiger partial charge in [0.25, 0.3) is 0 Å². The van der Waals surface area contributed by atoms with Crippen molar-refractivity contribution < 1.29 is 19.0 Å². The van der Waals surface area contributed by atoms with Crippen molar-refractivity contribution in [1.29, 1.82) is 0 Å². The molecule has 0 saturated heterocycles. The highest BCUT2D eigenvalue weighted by atomic mass is 16.7. The van der Waals surface area contributed by atoms with E-state index in [-0.39, 0.29) is 24.0 Å². The predicted molar refractivity (Wildman–Crippen MR) is 155 cm³/mol. The van der Waals surface area contributed by atoms with Gasteiger partial charge in [0, 0.05) is 23.3 Å². The first-order valence-electron chi connectivity index (χ1n) is 14.5. The van der Waals surface area contributed by atoms with Crippen molar-refractivity contribution in [2.45, 2.75) is 76.7 Å². The predicted octanol–water partition coefficient (Wildman–Crippen LogP) is 8.97. The average Bonchev–Trinajstić information content (AvgIpc) is 3.25. The molecule has 0 saturated carbocycles. The van der Waals surface area contributed by atoms with Gasteiger partial charge in [-0.3, -0.25) is 0 Å². The van der Waals surface area contributed by atoms with E-state index in [1.54, 1.807) is 0 Å². The van der Waals surface area contributed by atoms with E-state index in [1.165, 1.54) is 28.7 Å². The molecule has 0 aromatic heterocycles. The summed E-state index contributed by atoms with van der Waals surface area (Å²) in [5.41, 5.74) is 6.62. The molecule has 2 aliphatic carbocycles. The molecule has 3 aromatic rings. The SMILES string of the molecule is CCCCCc1cc(OC(=O)OCC2c3ccccc3-c3ccccc32)c2c(c1)OC(C)(C)C1CCC=CC21. The van der Waals surface area contributed by atoms with Crippen LogP contribution in [-0.2, 0) is 11.2 Å². The van der Waals surface area contributed by atoms with Gasteiger partial charge in [-0.05, 0) is 79.5 Å². The monoisotopic (exact) mass is 522 g/mol. The number of hydrogen-bond acceptors (Lipinski definition) is 4. The fraction of sp³-hybridized carbons (Fsp3) is 0.400. The number of unbranched alkanes of at least 4 members (excludes halogenated alkanes) is 2. The minimum absolute atomic E-state index is 0.00552. The third-order valence-electron chi connectivity index (χ3n) is 8.78. The minimum Gasteiger partial charge on any atom is -0.487 e. The van der Waals surface area contributed by atoms with Crippen molar-refractivity contribution in [2.24, 2.45) is 5.92 Å². The smallest absolute Gasteiger partial charge is 0.487 e. The zero-order valence-corrected chi connectivity index (χ0v) is 23.2. The number of carbonyl (C=O) groups excluding carboxylic acids is 1. The van der Waals surface area contributed by atoms with Gasteiger partial charge in [-0.25, -0.2) is 4.79 Å². The van der Waals surface area contributed by atoms with Gasteiger partial charge in [-0.1, -0.05) is 80.4 Å². The molecule has 39 heavy (non-hydrogen) atoms. The van der Waals surface area contributed by atoms with Crippen molar-refractivity contribution in [3.63, 3.8) is 0 Å². The number of fused-ring (bicyclic) bond motifs is 6. The first-order chi connectivity index (χ1) is 19.0. The van der Waals surface area contributed by atoms with Crippen LogP contribution in [0, 0.1) is 5.92 Å². The van der Waals surface area contributed by atoms with Crippen LogP contribution in [0.3, 0.4) is 0 Å². The van der Waals surface area contributed by atoms with Crippen molar-refractivity contribution in [1.82, 2.24) is 0 Å². The van der Waals surface area contributed by atoms with E-state index in [9.17, 15) is 4.79 Å². The van der Waals surface area contributed by atoms with Gasteiger partial charge in [-0.2, -0.15) is 0 Å². The molecule has 3 aliphatic rings. The Bertz CT molecular complexity index is 1360. The molecule has 0 bridgehead atoms. The summed E-state index contributed by atoms with van der Waals surface area (Å²) < 4.78 is 18.5. The minimum atomic E-state index is -0.661. The van der Waals surface area contributed by atoms with Crippen molar-refractivity contribution in [3.05, 3.63) is 95.1 Å². The molecule has 4 heteroatoms. The Morgan fingerprint density at radius 2 is 1.72 bits per heavy atom. The molecule has 4 nitrogen and oxygen atoms in total. The lowest BCUT2D eigenvalue weighted by Crippen LogP contribution is -2.45. The number of aryl methyl sites for hydroxylation is 1. The largest absolute Gasteiger partial charge is 0.513 e. The number of allylic oxidation sites excluding steroid dienone is 2. The third kappa shape index (κ3) is 4.86. The number of carbonyl (C=O) groups is 1. The molecular weight excluding hydrogens is 484 g/mol. The Kier molecular flexibility index (Phi) is 6.97. The fourth-order valence-electron chi connectivity index (χ4n) is 6.86. The van der Waals surface area contributed by atoms with Gasteiger partial charge < -0.3 is 14.2 Å². The van der Waals surface area contributed by atoms with E-state index in [2.05, 4.69) is 75.4 Å². The van der Waals surface area contributed by atoms with Crippen LogP contribution in [0.25, 0.3) is 11.1 Å². The molecule has 2 unspecified atom stereocenters. The van der Waals surface area contributed by atoms with Crippen LogP contribution in [0.5, 0.6) is 11.5 Å². The Labute approximate surface area is 232 Å². The molecule has 0 radical (unpaired) electrons. The third-order valence-corrected chi connectivity index (χ3v) is 8.78. The summed E-state index contributed by atoms with van der Waals surface area (Å²) in [4.78, 5) is 13.2. The zero-order chi connectivity index (χ0) is 27.0. The van der Waals surface area contributed by atoms with Crippen LogP contribution in [-0.4, -0.2) is 18.4 Å². The van der Waals surface area contributed by atoms with Crippen LogP contribution in [0.4, 0.5) is 4.79 Å². The maximum Gasteiger partial charge on any atom is 0.513 e. The molecule has 1 aliphatic heterocycles. The van der Waals surface area contributed by atoms with Crippen molar-refractivity contribution in [3.8, 4) is 22.6 Å². The quantitative estimate of drug-likeness (QED) is 0.134. The lowest BCUT2D eigenvalue weighted by atomic mass is 9.69. The van der Waals surface area contributed by atoms with Gasteiger partial charge in [0.1, 0.15) is 23.7 Å². The molecule has 3 aromatic carbocycles. The first kappa shape index (κ1) is 25.7. The molecule has 6 rings (SSSR count). The molecular formula is C35H38O4. The Morgan fingerprint density at radius 1 is 1.00 bits per heavy atom. The maximum absolute atomic E-state index is 13.2. The van der Waals surface area contributed by atoms with Gasteiger partial charge >= 0.3 is 6.16 Å². The van der Waals surface area contributed by atoms with Gasteiger partial charge in [-0.15, -0.1) is 0 Å². The van der Waals surface area contributed by atoms with E-state index < -0.39 is 6.16 Å². The zero-order valence-electron chi connectivity index (χ0n) is 23.2. The van der Waals surface area contributed by atoms with Crippen LogP contribution < -0.4 is 9.47 Å². The normalized spacial score (nSPS) is 20.3. The second-order valence-corrected chi connectivity index (χ2v) is 11.7. The summed E-state index contributed by atoms with van der Waals surface area (Å²) in [5.74, 6) is 1.88. The highest BCUT2D eigenvalue weighted by Gasteiger charge is 2.45. The molecule has 0 spiro atoms. The molecule has 202 valence electrons. The highest BCUT2D eigenvalue weighted by molar-refractivity contribution is 5.79.